The molecule has 0 unspecified atom stereocenters. The van der Waals surface area contributed by atoms with Gasteiger partial charge >= 0.3 is 54.4 Å². The summed E-state index contributed by atoms with van der Waals surface area (Å²) in [6.07, 6.45) is -8.66. The molecule has 0 radical (unpaired) electrons. The monoisotopic (exact) mass is 1140 g/mol. The maximum absolute atomic E-state index is 13.8. The molecule has 0 aliphatic heterocycles. The van der Waals surface area contributed by atoms with E-state index >= 15 is 0 Å². The molecule has 23 nitrogen and oxygen atoms in total. The number of carbonyl (C=O) groups is 9. The Morgan fingerprint density at radius 2 is 0.500 bits per heavy atom. The summed E-state index contributed by atoms with van der Waals surface area (Å²) >= 11 is 0. The number of esters is 4. The predicted octanol–water partition coefficient (Wildman–Crippen LogP) is 7.85. The van der Waals surface area contributed by atoms with Gasteiger partial charge in [0.1, 0.15) is 77.0 Å². The predicted molar refractivity (Wildman–Crippen MR) is 293 cm³/mol. The number of ether oxygens (including phenoxy) is 10. The van der Waals surface area contributed by atoms with E-state index in [0.29, 0.717) is 22.3 Å². The van der Waals surface area contributed by atoms with Crippen LogP contribution < -0.4 is 21.3 Å². The minimum Gasteiger partial charge on any atom is -0.460 e. The zero-order chi connectivity index (χ0) is 60.0. The summed E-state index contributed by atoms with van der Waals surface area (Å²) in [6, 6.07) is 29.9. The Labute approximate surface area is 476 Å². The molecule has 0 heterocycles. The van der Waals surface area contributed by atoms with Gasteiger partial charge in [0.15, 0.2) is 12.2 Å². The van der Waals surface area contributed by atoms with E-state index in [9.17, 15) is 43.2 Å². The zero-order valence-corrected chi connectivity index (χ0v) is 47.2. The van der Waals surface area contributed by atoms with Crippen LogP contribution in [-0.4, -0.2) is 117 Å². The van der Waals surface area contributed by atoms with Gasteiger partial charge in [-0.15, -0.1) is 0 Å². The van der Waals surface area contributed by atoms with Crippen LogP contribution in [0.15, 0.2) is 121 Å². The number of alkyl carbamates (subject to hydrolysis) is 4. The van der Waals surface area contributed by atoms with Crippen LogP contribution in [0.1, 0.15) is 77.6 Å². The van der Waals surface area contributed by atoms with Crippen molar-refractivity contribution in [2.24, 2.45) is 23.7 Å². The molecule has 0 aliphatic rings. The van der Waals surface area contributed by atoms with Gasteiger partial charge in [0, 0.05) is 0 Å². The van der Waals surface area contributed by atoms with E-state index in [0.717, 1.165) is 0 Å². The fourth-order valence-corrected chi connectivity index (χ4v) is 7.15. The van der Waals surface area contributed by atoms with Gasteiger partial charge in [0.05, 0.1) is 0 Å². The minimum absolute atomic E-state index is 0.107. The maximum Gasteiger partial charge on any atom is 0.509 e. The molecule has 82 heavy (non-hydrogen) atoms. The van der Waals surface area contributed by atoms with E-state index in [-0.39, 0.29) is 26.4 Å². The van der Waals surface area contributed by atoms with Gasteiger partial charge in [-0.05, 0) is 45.9 Å². The third-order valence-corrected chi connectivity index (χ3v) is 11.8. The first-order chi connectivity index (χ1) is 39.2. The lowest BCUT2D eigenvalue weighted by Gasteiger charge is -2.26. The first-order valence-corrected chi connectivity index (χ1v) is 26.6. The van der Waals surface area contributed by atoms with E-state index in [1.807, 2.05) is 0 Å². The van der Waals surface area contributed by atoms with E-state index in [4.69, 9.17) is 47.4 Å². The summed E-state index contributed by atoms with van der Waals surface area (Å²) in [5.41, 5.74) is 2.73. The standard InChI is InChI=1S/C59H74N4O19/c1-37(2)47(60-55(68)77-29-41-21-13-9-14-22-41)51(64)73-33-45(34-74-52(65)48(38(3)4)61-56(69)78-30-42-23-15-10-16-24-42)81-59(72)82-46(35-75-53(66)49(39(5)6)62-57(70)79-31-43-25-17-11-18-26-43)36-76-54(67)50(40(7)8)63-58(71)80-32-44-27-19-12-20-28-44/h9-28,37-40,45-50H,29-36H2,1-8H3,(H,60,68)(H,61,69)(H,62,70)(H,63,71)/t47-,48-,49-,50-/m0/s1. The first kappa shape index (κ1) is 65.6. The first-order valence-electron chi connectivity index (χ1n) is 26.6. The quantitative estimate of drug-likeness (QED) is 0.0285. The third kappa shape index (κ3) is 24.6. The molecule has 0 aromatic heterocycles. The molecule has 4 aromatic rings. The van der Waals surface area contributed by atoms with E-state index in [2.05, 4.69) is 21.3 Å². The number of hydrogen-bond donors (Lipinski definition) is 4. The van der Waals surface area contributed by atoms with Crippen LogP contribution in [0, 0.1) is 23.7 Å². The molecule has 4 aromatic carbocycles. The molecule has 23 heteroatoms. The molecule has 0 saturated carbocycles. The van der Waals surface area contributed by atoms with Gasteiger partial charge in [-0.3, -0.25) is 0 Å². The molecule has 4 rings (SSSR count). The molecular weight excluding hydrogens is 1070 g/mol. The van der Waals surface area contributed by atoms with Crippen molar-refractivity contribution in [3.05, 3.63) is 144 Å². The highest BCUT2D eigenvalue weighted by molar-refractivity contribution is 5.84. The molecule has 4 amide bonds. The van der Waals surface area contributed by atoms with Crippen molar-refractivity contribution in [3.8, 4) is 0 Å². The van der Waals surface area contributed by atoms with Crippen molar-refractivity contribution in [1.29, 1.82) is 0 Å². The van der Waals surface area contributed by atoms with Crippen molar-refractivity contribution in [3.63, 3.8) is 0 Å². The van der Waals surface area contributed by atoms with Crippen LogP contribution in [0.25, 0.3) is 0 Å². The average molecular weight is 1140 g/mol. The number of rotatable bonds is 30. The lowest BCUT2D eigenvalue weighted by molar-refractivity contribution is -0.160. The SMILES string of the molecule is CC(C)[C@H](NC(=O)OCc1ccccc1)C(=O)OCC(COC(=O)[C@@H](NC(=O)OCc1ccccc1)C(C)C)OC(=O)OC(COC(=O)[C@@H](NC(=O)OCc1ccccc1)C(C)C)COC(=O)[C@@H](NC(=O)OCc1ccccc1)C(C)C. The third-order valence-electron chi connectivity index (χ3n) is 11.8. The number of amides is 4. The highest BCUT2D eigenvalue weighted by Gasteiger charge is 2.34. The summed E-state index contributed by atoms with van der Waals surface area (Å²) in [6.45, 7) is 9.26. The van der Waals surface area contributed by atoms with Crippen LogP contribution in [0.4, 0.5) is 24.0 Å². The van der Waals surface area contributed by atoms with Gasteiger partial charge in [-0.1, -0.05) is 177 Å². The Kier molecular flexibility index (Phi) is 28.0. The Bertz CT molecular complexity index is 2290. The smallest absolute Gasteiger partial charge is 0.460 e. The number of carbonyl (C=O) groups excluding carboxylic acids is 9. The van der Waals surface area contributed by atoms with Crippen LogP contribution in [0.3, 0.4) is 0 Å². The number of hydrogen-bond acceptors (Lipinski definition) is 19. The fourth-order valence-electron chi connectivity index (χ4n) is 7.15. The number of benzene rings is 4. The minimum atomic E-state index is -1.67. The molecule has 0 saturated heterocycles. The lowest BCUT2D eigenvalue weighted by atomic mass is 10.1. The van der Waals surface area contributed by atoms with Crippen molar-refractivity contribution in [2.75, 3.05) is 26.4 Å². The molecule has 4 atom stereocenters. The molecule has 0 aliphatic carbocycles. The second-order valence-corrected chi connectivity index (χ2v) is 20.0. The van der Waals surface area contributed by atoms with Crippen LogP contribution in [0.5, 0.6) is 0 Å². The highest BCUT2D eigenvalue weighted by atomic mass is 16.8. The van der Waals surface area contributed by atoms with Crippen molar-refractivity contribution in [2.45, 2.75) is 118 Å². The maximum atomic E-state index is 13.8. The van der Waals surface area contributed by atoms with Crippen molar-refractivity contribution in [1.82, 2.24) is 21.3 Å². The van der Waals surface area contributed by atoms with Crippen molar-refractivity contribution >= 4 is 54.4 Å². The molecule has 0 fully saturated rings. The molecule has 4 N–H and O–H groups in total. The molecule has 0 bridgehead atoms. The van der Waals surface area contributed by atoms with E-state index in [1.54, 1.807) is 177 Å². The largest absolute Gasteiger partial charge is 0.509 e. The Hall–Kier alpha value is -8.89. The van der Waals surface area contributed by atoms with Gasteiger partial charge in [0.25, 0.3) is 0 Å². The van der Waals surface area contributed by atoms with E-state index < -0.39 is 141 Å². The summed E-state index contributed by atoms with van der Waals surface area (Å²) in [5, 5.41) is 9.87. The molecular formula is C59H74N4O19. The molecule has 444 valence electrons. The highest BCUT2D eigenvalue weighted by Crippen LogP contribution is 2.15. The summed E-state index contributed by atoms with van der Waals surface area (Å²) in [5.74, 6) is -6.30. The van der Waals surface area contributed by atoms with Gasteiger partial charge in [0.2, 0.25) is 0 Å². The van der Waals surface area contributed by atoms with Crippen LogP contribution in [-0.2, 0) is 93.0 Å². The van der Waals surface area contributed by atoms with E-state index in [1.165, 1.54) is 0 Å². The van der Waals surface area contributed by atoms with Gasteiger partial charge < -0.3 is 68.6 Å². The van der Waals surface area contributed by atoms with Gasteiger partial charge in [-0.2, -0.15) is 0 Å². The van der Waals surface area contributed by atoms with Crippen LogP contribution >= 0.6 is 0 Å². The lowest BCUT2D eigenvalue weighted by Crippen LogP contribution is -2.48. The van der Waals surface area contributed by atoms with Crippen molar-refractivity contribution < 1.29 is 90.5 Å². The second kappa shape index (κ2) is 35.0. The summed E-state index contributed by atoms with van der Waals surface area (Å²) < 4.78 is 54.4. The second-order valence-electron chi connectivity index (χ2n) is 20.0. The van der Waals surface area contributed by atoms with Gasteiger partial charge in [-0.25, -0.2) is 43.2 Å². The number of nitrogens with one attached hydrogen (secondary N) is 4. The normalized spacial score (nSPS) is 12.5. The Morgan fingerprint density at radius 3 is 0.683 bits per heavy atom. The Morgan fingerprint density at radius 1 is 0.305 bits per heavy atom. The molecule has 0 spiro atoms. The van der Waals surface area contributed by atoms with Crippen LogP contribution in [0.2, 0.25) is 0 Å². The fraction of sp³-hybridized carbons (Fsp3) is 0.441. The topological polar surface area (TPSA) is 294 Å². The Balaban J connectivity index is 1.53. The summed E-state index contributed by atoms with van der Waals surface area (Å²) in [4.78, 5) is 120. The zero-order valence-electron chi connectivity index (χ0n) is 47.2. The summed E-state index contributed by atoms with van der Waals surface area (Å²) in [7, 11) is 0. The average Bonchev–Trinajstić information content (AvgIpc) is 3.46.